The van der Waals surface area contributed by atoms with E-state index >= 15 is 0 Å². The summed E-state index contributed by atoms with van der Waals surface area (Å²) in [5, 5.41) is 6.53. The zero-order valence-corrected chi connectivity index (χ0v) is 20.3. The molecular formula is C23H21ClN4O3S2. The van der Waals surface area contributed by atoms with Gasteiger partial charge in [0.1, 0.15) is 9.90 Å². The molecule has 0 aliphatic heterocycles. The second kappa shape index (κ2) is 9.56. The largest absolute Gasteiger partial charge is 0.322 e. The first-order valence-corrected chi connectivity index (χ1v) is 12.9. The zero-order valence-electron chi connectivity index (χ0n) is 17.9. The average Bonchev–Trinajstić information content (AvgIpc) is 3.35. The first-order valence-electron chi connectivity index (χ1n) is 10.2. The van der Waals surface area contributed by atoms with Crippen LogP contribution in [0.4, 0.5) is 5.69 Å². The van der Waals surface area contributed by atoms with Gasteiger partial charge in [-0.05, 0) is 36.4 Å². The summed E-state index contributed by atoms with van der Waals surface area (Å²) in [6.45, 7) is 4.16. The molecule has 0 saturated carbocycles. The van der Waals surface area contributed by atoms with Crippen molar-refractivity contribution in [2.45, 2.75) is 18.7 Å². The summed E-state index contributed by atoms with van der Waals surface area (Å²) in [7, 11) is -3.77. The van der Waals surface area contributed by atoms with Crippen LogP contribution >= 0.6 is 22.9 Å². The quantitative estimate of drug-likeness (QED) is 0.372. The van der Waals surface area contributed by atoms with E-state index < -0.39 is 10.0 Å². The highest BCUT2D eigenvalue weighted by atomic mass is 35.5. The number of carbonyl (C=O) groups excluding carboxylic acids is 1. The van der Waals surface area contributed by atoms with E-state index in [2.05, 4.69) is 15.3 Å². The molecule has 4 aromatic rings. The number of hydrogen-bond acceptors (Lipinski definition) is 6. The van der Waals surface area contributed by atoms with Gasteiger partial charge in [-0.15, -0.1) is 11.3 Å². The molecule has 1 N–H and O–H groups in total. The van der Waals surface area contributed by atoms with Crippen molar-refractivity contribution in [2.24, 2.45) is 0 Å². The standard InChI is InChI=1S/C23H21ClN4O3S2/c1-3-28(4-2)33(30,31)21-13-18(7-8-19(21)24)27-22(29)16-6-5-15-11-17(14-26-20(15)12-16)23-25-9-10-32-23/h5-14H,3-4H2,1-2H3,(H,27,29). The van der Waals surface area contributed by atoms with E-state index in [4.69, 9.17) is 11.6 Å². The van der Waals surface area contributed by atoms with Crippen LogP contribution in [0.25, 0.3) is 21.5 Å². The molecule has 0 saturated heterocycles. The fourth-order valence-electron chi connectivity index (χ4n) is 3.43. The molecule has 1 amide bonds. The highest BCUT2D eigenvalue weighted by Gasteiger charge is 2.25. The Hall–Kier alpha value is -2.85. The maximum Gasteiger partial charge on any atom is 0.255 e. The van der Waals surface area contributed by atoms with Gasteiger partial charge >= 0.3 is 0 Å². The number of aromatic nitrogens is 2. The van der Waals surface area contributed by atoms with E-state index in [0.29, 0.717) is 29.9 Å². The summed E-state index contributed by atoms with van der Waals surface area (Å²) in [4.78, 5) is 21.6. The lowest BCUT2D eigenvalue weighted by Crippen LogP contribution is -2.30. The number of amides is 1. The molecule has 0 radical (unpaired) electrons. The number of rotatable bonds is 7. The number of anilines is 1. The third-order valence-electron chi connectivity index (χ3n) is 5.14. The normalized spacial score (nSPS) is 11.8. The average molecular weight is 501 g/mol. The monoisotopic (exact) mass is 500 g/mol. The molecule has 0 atom stereocenters. The maximum atomic E-state index is 12.9. The molecule has 7 nitrogen and oxygen atoms in total. The summed E-state index contributed by atoms with van der Waals surface area (Å²) >= 11 is 7.71. The molecular weight excluding hydrogens is 480 g/mol. The minimum absolute atomic E-state index is 0.0411. The van der Waals surface area contributed by atoms with Gasteiger partial charge in [-0.1, -0.05) is 31.5 Å². The van der Waals surface area contributed by atoms with Crippen molar-refractivity contribution in [3.05, 3.63) is 70.8 Å². The summed E-state index contributed by atoms with van der Waals surface area (Å²) in [6, 6.07) is 11.6. The lowest BCUT2D eigenvalue weighted by atomic mass is 10.1. The number of hydrogen-bond donors (Lipinski definition) is 1. The lowest BCUT2D eigenvalue weighted by molar-refractivity contribution is 0.102. The molecule has 2 heterocycles. The van der Waals surface area contributed by atoms with E-state index in [1.165, 1.54) is 27.8 Å². The van der Waals surface area contributed by atoms with Gasteiger partial charge in [-0.2, -0.15) is 4.31 Å². The van der Waals surface area contributed by atoms with E-state index in [1.54, 1.807) is 44.4 Å². The molecule has 0 unspecified atom stereocenters. The predicted octanol–water partition coefficient (Wildman–Crippen LogP) is 5.29. The Morgan fingerprint density at radius 2 is 1.88 bits per heavy atom. The molecule has 0 aliphatic carbocycles. The van der Waals surface area contributed by atoms with Crippen molar-refractivity contribution < 1.29 is 13.2 Å². The molecule has 0 fully saturated rings. The van der Waals surface area contributed by atoms with E-state index in [1.807, 2.05) is 17.5 Å². The molecule has 2 aromatic heterocycles. The molecule has 0 bridgehead atoms. The van der Waals surface area contributed by atoms with Crippen molar-refractivity contribution in [2.75, 3.05) is 18.4 Å². The number of nitrogens with zero attached hydrogens (tertiary/aromatic N) is 3. The van der Waals surface area contributed by atoms with Crippen molar-refractivity contribution in [1.29, 1.82) is 0 Å². The van der Waals surface area contributed by atoms with Crippen LogP contribution in [0.2, 0.25) is 5.02 Å². The summed E-state index contributed by atoms with van der Waals surface area (Å²) in [5.74, 6) is -0.379. The van der Waals surface area contributed by atoms with Crippen LogP contribution < -0.4 is 5.32 Å². The van der Waals surface area contributed by atoms with Gasteiger partial charge < -0.3 is 5.32 Å². The maximum absolute atomic E-state index is 12.9. The molecule has 33 heavy (non-hydrogen) atoms. The Labute approximate surface area is 201 Å². The minimum Gasteiger partial charge on any atom is -0.322 e. The molecule has 4 rings (SSSR count). The third-order valence-corrected chi connectivity index (χ3v) is 8.49. The Balaban J connectivity index is 1.60. The second-order valence-corrected chi connectivity index (χ2v) is 10.4. The van der Waals surface area contributed by atoms with Crippen LogP contribution in [0.1, 0.15) is 24.2 Å². The molecule has 0 spiro atoms. The van der Waals surface area contributed by atoms with Crippen molar-refractivity contribution in [3.8, 4) is 10.6 Å². The van der Waals surface area contributed by atoms with Crippen LogP contribution in [-0.4, -0.2) is 41.7 Å². The van der Waals surface area contributed by atoms with Crippen LogP contribution in [-0.2, 0) is 10.0 Å². The highest BCUT2D eigenvalue weighted by Crippen LogP contribution is 2.29. The van der Waals surface area contributed by atoms with Crippen LogP contribution in [0.15, 0.2) is 65.1 Å². The Bertz CT molecular complexity index is 1420. The summed E-state index contributed by atoms with van der Waals surface area (Å²) < 4.78 is 27.1. The van der Waals surface area contributed by atoms with Crippen molar-refractivity contribution in [1.82, 2.24) is 14.3 Å². The first-order chi connectivity index (χ1) is 15.8. The fourth-order valence-corrected chi connectivity index (χ4v) is 6.01. The van der Waals surface area contributed by atoms with Crippen LogP contribution in [0.3, 0.4) is 0 Å². The summed E-state index contributed by atoms with van der Waals surface area (Å²) in [6.07, 6.45) is 3.47. The number of carbonyl (C=O) groups is 1. The zero-order chi connectivity index (χ0) is 23.6. The van der Waals surface area contributed by atoms with Gasteiger partial charge in [0.2, 0.25) is 10.0 Å². The lowest BCUT2D eigenvalue weighted by Gasteiger charge is -2.19. The van der Waals surface area contributed by atoms with E-state index in [9.17, 15) is 13.2 Å². The minimum atomic E-state index is -3.77. The van der Waals surface area contributed by atoms with Gasteiger partial charge in [0.05, 0.1) is 10.5 Å². The topological polar surface area (TPSA) is 92.3 Å². The number of thiazole rings is 1. The Morgan fingerprint density at radius 1 is 1.09 bits per heavy atom. The molecule has 2 aromatic carbocycles. The predicted molar refractivity (Wildman–Crippen MR) is 132 cm³/mol. The smallest absolute Gasteiger partial charge is 0.255 e. The van der Waals surface area contributed by atoms with Gasteiger partial charge in [0.25, 0.3) is 5.91 Å². The number of sulfonamides is 1. The highest BCUT2D eigenvalue weighted by molar-refractivity contribution is 7.89. The van der Waals surface area contributed by atoms with Gasteiger partial charge in [0, 0.05) is 53.1 Å². The van der Waals surface area contributed by atoms with Crippen molar-refractivity contribution >= 4 is 55.5 Å². The number of benzene rings is 2. The fraction of sp³-hybridized carbons (Fsp3) is 0.174. The van der Waals surface area contributed by atoms with E-state index in [-0.39, 0.29) is 15.8 Å². The first kappa shape index (κ1) is 23.3. The third kappa shape index (κ3) is 4.77. The second-order valence-electron chi connectivity index (χ2n) is 7.16. The number of halogens is 1. The van der Waals surface area contributed by atoms with Gasteiger partial charge in [-0.25, -0.2) is 13.4 Å². The molecule has 0 aliphatic rings. The van der Waals surface area contributed by atoms with Gasteiger partial charge in [-0.3, -0.25) is 9.78 Å². The number of pyridine rings is 1. The van der Waals surface area contributed by atoms with Crippen LogP contribution in [0, 0.1) is 0 Å². The SMILES string of the molecule is CCN(CC)S(=O)(=O)c1cc(NC(=O)c2ccc3cc(-c4nccs4)cnc3c2)ccc1Cl. The Morgan fingerprint density at radius 3 is 2.58 bits per heavy atom. The van der Waals surface area contributed by atoms with Crippen LogP contribution in [0.5, 0.6) is 0 Å². The van der Waals surface area contributed by atoms with E-state index in [0.717, 1.165) is 16.0 Å². The Kier molecular flexibility index (Phi) is 6.76. The summed E-state index contributed by atoms with van der Waals surface area (Å²) in [5.41, 5.74) is 2.32. The number of nitrogens with one attached hydrogen (secondary N) is 1. The van der Waals surface area contributed by atoms with Crippen molar-refractivity contribution in [3.63, 3.8) is 0 Å². The molecule has 10 heteroatoms. The van der Waals surface area contributed by atoms with Gasteiger partial charge in [0.15, 0.2) is 0 Å². The molecule has 170 valence electrons. The number of fused-ring (bicyclic) bond motifs is 1.